The van der Waals surface area contributed by atoms with Crippen molar-refractivity contribution in [2.24, 2.45) is 0 Å². The van der Waals surface area contributed by atoms with Gasteiger partial charge < -0.3 is 15.5 Å². The van der Waals surface area contributed by atoms with Crippen LogP contribution < -0.4 is 10.6 Å². The van der Waals surface area contributed by atoms with Gasteiger partial charge >= 0.3 is 11.8 Å². The molecule has 1 fully saturated rings. The zero-order valence-corrected chi connectivity index (χ0v) is 13.5. The van der Waals surface area contributed by atoms with Crippen molar-refractivity contribution in [3.05, 3.63) is 26.7 Å². The first kappa shape index (κ1) is 15.6. The minimum Gasteiger partial charge on any atom is -0.332 e. The van der Waals surface area contributed by atoms with E-state index in [2.05, 4.69) is 26.6 Å². The van der Waals surface area contributed by atoms with Gasteiger partial charge in [0.2, 0.25) is 0 Å². The first-order chi connectivity index (χ1) is 9.49. The molecule has 0 aromatic heterocycles. The average Bonchev–Trinajstić information content (AvgIpc) is 2.42. The molecule has 1 aromatic carbocycles. The SMILES string of the molecule is O=C(Nc1c(Cl)cc(Br)cc1Cl)C(=O)N1CCNCC1. The van der Waals surface area contributed by atoms with E-state index < -0.39 is 11.8 Å². The summed E-state index contributed by atoms with van der Waals surface area (Å²) in [6.45, 7) is 2.37. The lowest BCUT2D eigenvalue weighted by molar-refractivity contribution is -0.143. The lowest BCUT2D eigenvalue weighted by Crippen LogP contribution is -2.49. The maximum Gasteiger partial charge on any atom is 0.313 e. The van der Waals surface area contributed by atoms with Crippen LogP contribution in [0.25, 0.3) is 0 Å². The largest absolute Gasteiger partial charge is 0.332 e. The van der Waals surface area contributed by atoms with Crippen LogP contribution in [0, 0.1) is 0 Å². The molecular formula is C12H12BrCl2N3O2. The summed E-state index contributed by atoms with van der Waals surface area (Å²) in [5.41, 5.74) is 0.241. The van der Waals surface area contributed by atoms with Crippen molar-refractivity contribution in [1.29, 1.82) is 0 Å². The second-order valence-electron chi connectivity index (χ2n) is 4.24. The Kier molecular flexibility index (Phi) is 5.26. The molecule has 108 valence electrons. The molecule has 8 heteroatoms. The van der Waals surface area contributed by atoms with E-state index in [1.165, 1.54) is 4.90 Å². The predicted molar refractivity (Wildman–Crippen MR) is 82.2 cm³/mol. The Morgan fingerprint density at radius 3 is 2.30 bits per heavy atom. The molecule has 0 saturated carbocycles. The topological polar surface area (TPSA) is 61.4 Å². The van der Waals surface area contributed by atoms with E-state index in [1.54, 1.807) is 12.1 Å². The van der Waals surface area contributed by atoms with E-state index in [-0.39, 0.29) is 15.7 Å². The highest BCUT2D eigenvalue weighted by atomic mass is 79.9. The fourth-order valence-corrected chi connectivity index (χ4v) is 3.14. The summed E-state index contributed by atoms with van der Waals surface area (Å²) in [5, 5.41) is 6.12. The summed E-state index contributed by atoms with van der Waals surface area (Å²) in [7, 11) is 0. The molecule has 2 amide bonds. The molecule has 0 spiro atoms. The number of halogens is 3. The second kappa shape index (κ2) is 6.76. The van der Waals surface area contributed by atoms with Gasteiger partial charge in [-0.3, -0.25) is 9.59 Å². The number of nitrogens with one attached hydrogen (secondary N) is 2. The Hall–Kier alpha value is -0.820. The van der Waals surface area contributed by atoms with Crippen molar-refractivity contribution in [3.8, 4) is 0 Å². The Bertz CT molecular complexity index is 524. The van der Waals surface area contributed by atoms with Gasteiger partial charge in [0.15, 0.2) is 0 Å². The van der Waals surface area contributed by atoms with Crippen molar-refractivity contribution in [3.63, 3.8) is 0 Å². The van der Waals surface area contributed by atoms with Crippen molar-refractivity contribution >= 4 is 56.6 Å². The first-order valence-corrected chi connectivity index (χ1v) is 7.49. The van der Waals surface area contributed by atoms with Crippen molar-refractivity contribution in [1.82, 2.24) is 10.2 Å². The zero-order valence-electron chi connectivity index (χ0n) is 10.4. The van der Waals surface area contributed by atoms with E-state index in [1.807, 2.05) is 0 Å². The number of nitrogens with zero attached hydrogens (tertiary/aromatic N) is 1. The highest BCUT2D eigenvalue weighted by Crippen LogP contribution is 2.33. The Morgan fingerprint density at radius 2 is 1.75 bits per heavy atom. The first-order valence-electron chi connectivity index (χ1n) is 5.94. The minimum absolute atomic E-state index is 0.241. The Labute approximate surface area is 134 Å². The van der Waals surface area contributed by atoms with Gasteiger partial charge in [0, 0.05) is 30.7 Å². The highest BCUT2D eigenvalue weighted by Gasteiger charge is 2.24. The van der Waals surface area contributed by atoms with E-state index in [0.29, 0.717) is 30.7 Å². The van der Waals surface area contributed by atoms with E-state index in [9.17, 15) is 9.59 Å². The number of hydrogen-bond acceptors (Lipinski definition) is 3. The van der Waals surface area contributed by atoms with Gasteiger partial charge in [-0.1, -0.05) is 39.1 Å². The Morgan fingerprint density at radius 1 is 1.20 bits per heavy atom. The molecule has 1 heterocycles. The van der Waals surface area contributed by atoms with Crippen LogP contribution in [0.1, 0.15) is 0 Å². The number of hydrogen-bond donors (Lipinski definition) is 2. The van der Waals surface area contributed by atoms with Gasteiger partial charge in [-0.25, -0.2) is 0 Å². The average molecular weight is 381 g/mol. The lowest BCUT2D eigenvalue weighted by atomic mass is 10.3. The molecule has 1 aromatic rings. The van der Waals surface area contributed by atoms with Gasteiger partial charge in [0.25, 0.3) is 0 Å². The lowest BCUT2D eigenvalue weighted by Gasteiger charge is -2.26. The van der Waals surface area contributed by atoms with Crippen LogP contribution in [-0.2, 0) is 9.59 Å². The molecule has 1 aliphatic heterocycles. The van der Waals surface area contributed by atoms with Crippen LogP contribution in [0.4, 0.5) is 5.69 Å². The molecule has 5 nitrogen and oxygen atoms in total. The number of amides is 2. The van der Waals surface area contributed by atoms with Crippen molar-refractivity contribution < 1.29 is 9.59 Å². The molecule has 20 heavy (non-hydrogen) atoms. The second-order valence-corrected chi connectivity index (χ2v) is 5.97. The molecule has 0 atom stereocenters. The number of piperazine rings is 1. The fraction of sp³-hybridized carbons (Fsp3) is 0.333. The molecule has 1 saturated heterocycles. The van der Waals surface area contributed by atoms with Crippen molar-refractivity contribution in [2.45, 2.75) is 0 Å². The summed E-state index contributed by atoms with van der Waals surface area (Å²) in [4.78, 5) is 25.4. The summed E-state index contributed by atoms with van der Waals surface area (Å²) >= 11 is 15.3. The smallest absolute Gasteiger partial charge is 0.313 e. The maximum absolute atomic E-state index is 12.0. The maximum atomic E-state index is 12.0. The standard InChI is InChI=1S/C12H12BrCl2N3O2/c13-7-5-8(14)10(9(15)6-7)17-11(19)12(20)18-3-1-16-2-4-18/h5-6,16H,1-4H2,(H,17,19). The van der Waals surface area contributed by atoms with Crippen LogP contribution >= 0.6 is 39.1 Å². The molecule has 2 N–H and O–H groups in total. The van der Waals surface area contributed by atoms with Crippen LogP contribution in [0.3, 0.4) is 0 Å². The fourth-order valence-electron chi connectivity index (χ4n) is 1.84. The molecule has 0 bridgehead atoms. The van der Waals surface area contributed by atoms with E-state index in [0.717, 1.165) is 0 Å². The van der Waals surface area contributed by atoms with Gasteiger partial charge in [-0.05, 0) is 12.1 Å². The third-order valence-electron chi connectivity index (χ3n) is 2.84. The number of carbonyl (C=O) groups excluding carboxylic acids is 2. The van der Waals surface area contributed by atoms with Gasteiger partial charge in [0.1, 0.15) is 0 Å². The van der Waals surface area contributed by atoms with Gasteiger partial charge in [-0.15, -0.1) is 0 Å². The molecule has 0 unspecified atom stereocenters. The van der Waals surface area contributed by atoms with Crippen molar-refractivity contribution in [2.75, 3.05) is 31.5 Å². The van der Waals surface area contributed by atoms with Crippen LogP contribution in [0.5, 0.6) is 0 Å². The summed E-state index contributed by atoms with van der Waals surface area (Å²) < 4.78 is 0.693. The van der Waals surface area contributed by atoms with Gasteiger partial charge in [0.05, 0.1) is 15.7 Å². The minimum atomic E-state index is -0.738. The third kappa shape index (κ3) is 3.63. The number of rotatable bonds is 1. The molecular weight excluding hydrogens is 369 g/mol. The third-order valence-corrected chi connectivity index (χ3v) is 3.90. The summed E-state index contributed by atoms with van der Waals surface area (Å²) in [5.74, 6) is -1.32. The summed E-state index contributed by atoms with van der Waals surface area (Å²) in [6, 6.07) is 3.19. The van der Waals surface area contributed by atoms with Crippen LogP contribution in [0.2, 0.25) is 10.0 Å². The number of carbonyl (C=O) groups is 2. The molecule has 1 aliphatic rings. The predicted octanol–water partition coefficient (Wildman–Crippen LogP) is 2.13. The quantitative estimate of drug-likeness (QED) is 0.733. The van der Waals surface area contributed by atoms with Gasteiger partial charge in [-0.2, -0.15) is 0 Å². The number of anilines is 1. The molecule has 2 rings (SSSR count). The summed E-state index contributed by atoms with van der Waals surface area (Å²) in [6.07, 6.45) is 0. The van der Waals surface area contributed by atoms with Crippen LogP contribution in [-0.4, -0.2) is 42.9 Å². The zero-order chi connectivity index (χ0) is 14.7. The number of benzene rings is 1. The van der Waals surface area contributed by atoms with E-state index >= 15 is 0 Å². The van der Waals surface area contributed by atoms with E-state index in [4.69, 9.17) is 23.2 Å². The van der Waals surface area contributed by atoms with Crippen LogP contribution in [0.15, 0.2) is 16.6 Å². The normalized spacial score (nSPS) is 15.1. The highest BCUT2D eigenvalue weighted by molar-refractivity contribution is 9.10. The monoisotopic (exact) mass is 379 g/mol. The Balaban J connectivity index is 2.09. The molecule has 0 radical (unpaired) electrons. The molecule has 0 aliphatic carbocycles.